The van der Waals surface area contributed by atoms with Crippen LogP contribution in [-0.2, 0) is 16.0 Å². The number of methoxy groups -OCH3 is 1. The summed E-state index contributed by atoms with van der Waals surface area (Å²) in [6.45, 7) is 0.769. The Bertz CT molecular complexity index is 536. The molecule has 0 saturated carbocycles. The Balaban J connectivity index is 0.00000220. The molecule has 1 aromatic carbocycles. The van der Waals surface area contributed by atoms with Crippen LogP contribution in [0.5, 0.6) is 5.75 Å². The third-order valence-electron chi connectivity index (χ3n) is 3.49. The molecule has 1 N–H and O–H groups in total. The van der Waals surface area contributed by atoms with Gasteiger partial charge in [-0.3, -0.25) is 9.59 Å². The van der Waals surface area contributed by atoms with Gasteiger partial charge in [0.15, 0.2) is 0 Å². The van der Waals surface area contributed by atoms with Gasteiger partial charge < -0.3 is 14.7 Å². The number of halogens is 2. The summed E-state index contributed by atoms with van der Waals surface area (Å²) >= 11 is 6.09. The average molecular weight is 334 g/mol. The Labute approximate surface area is 134 Å². The Hall–Kier alpha value is -1.46. The summed E-state index contributed by atoms with van der Waals surface area (Å²) in [4.78, 5) is 24.6. The van der Waals surface area contributed by atoms with E-state index in [1.54, 1.807) is 30.2 Å². The quantitative estimate of drug-likeness (QED) is 0.917. The normalized spacial score (nSPS) is 17.2. The molecule has 0 aliphatic carbocycles. The van der Waals surface area contributed by atoms with Gasteiger partial charge in [0.25, 0.3) is 0 Å². The lowest BCUT2D eigenvalue weighted by atomic mass is 10.1. The highest BCUT2D eigenvalue weighted by atomic mass is 35.5. The lowest BCUT2D eigenvalue weighted by Crippen LogP contribution is -2.31. The third-order valence-corrected chi connectivity index (χ3v) is 3.84. The molecule has 0 aromatic heterocycles. The van der Waals surface area contributed by atoms with Crippen LogP contribution < -0.4 is 4.74 Å². The van der Waals surface area contributed by atoms with Crippen LogP contribution in [0.4, 0.5) is 0 Å². The number of ether oxygens (including phenoxy) is 1. The SMILES string of the molecule is COc1ccc(CC(=O)N2CCC(C(=O)O)C2)c(Cl)c1.Cl. The summed E-state index contributed by atoms with van der Waals surface area (Å²) < 4.78 is 5.05. The molecule has 1 fully saturated rings. The maximum atomic E-state index is 12.1. The van der Waals surface area contributed by atoms with Crippen LogP contribution in [-0.4, -0.2) is 42.1 Å². The Morgan fingerprint density at radius 1 is 1.48 bits per heavy atom. The Morgan fingerprint density at radius 2 is 2.19 bits per heavy atom. The van der Waals surface area contributed by atoms with Crippen molar-refractivity contribution in [2.24, 2.45) is 5.92 Å². The molecular formula is C14H17Cl2NO4. The first kappa shape index (κ1) is 17.6. The molecule has 1 unspecified atom stereocenters. The van der Waals surface area contributed by atoms with E-state index >= 15 is 0 Å². The number of nitrogens with zero attached hydrogens (tertiary/aromatic N) is 1. The summed E-state index contributed by atoms with van der Waals surface area (Å²) in [6, 6.07) is 5.16. The van der Waals surface area contributed by atoms with Crippen LogP contribution in [0.1, 0.15) is 12.0 Å². The summed E-state index contributed by atoms with van der Waals surface area (Å²) in [5.74, 6) is -0.757. The van der Waals surface area contributed by atoms with Gasteiger partial charge in [-0.2, -0.15) is 0 Å². The number of hydrogen-bond acceptors (Lipinski definition) is 3. The van der Waals surface area contributed by atoms with Gasteiger partial charge >= 0.3 is 5.97 Å². The van der Waals surface area contributed by atoms with Crippen LogP contribution in [0.15, 0.2) is 18.2 Å². The van der Waals surface area contributed by atoms with E-state index in [4.69, 9.17) is 21.4 Å². The molecule has 1 aliphatic rings. The molecule has 0 spiro atoms. The minimum Gasteiger partial charge on any atom is -0.497 e. The van der Waals surface area contributed by atoms with Gasteiger partial charge in [-0.25, -0.2) is 0 Å². The lowest BCUT2D eigenvalue weighted by Gasteiger charge is -2.16. The largest absolute Gasteiger partial charge is 0.497 e. The number of hydrogen-bond donors (Lipinski definition) is 1. The topological polar surface area (TPSA) is 66.8 Å². The molecule has 0 radical (unpaired) electrons. The summed E-state index contributed by atoms with van der Waals surface area (Å²) in [5.41, 5.74) is 0.719. The molecule has 0 bridgehead atoms. The van der Waals surface area contributed by atoms with Crippen LogP contribution in [0.2, 0.25) is 5.02 Å². The summed E-state index contributed by atoms with van der Waals surface area (Å²) in [5, 5.41) is 9.41. The molecule has 1 aliphatic heterocycles. The maximum Gasteiger partial charge on any atom is 0.308 e. The maximum absolute atomic E-state index is 12.1. The van der Waals surface area contributed by atoms with Crippen molar-refractivity contribution in [2.75, 3.05) is 20.2 Å². The fraction of sp³-hybridized carbons (Fsp3) is 0.429. The van der Waals surface area contributed by atoms with Crippen molar-refractivity contribution < 1.29 is 19.4 Å². The number of carbonyl (C=O) groups excluding carboxylic acids is 1. The second-order valence-corrected chi connectivity index (χ2v) is 5.20. The number of carbonyl (C=O) groups is 2. The molecule has 1 saturated heterocycles. The zero-order chi connectivity index (χ0) is 14.7. The summed E-state index contributed by atoms with van der Waals surface area (Å²) in [6.07, 6.45) is 0.687. The van der Waals surface area contributed by atoms with Crippen molar-refractivity contribution in [3.05, 3.63) is 28.8 Å². The first-order chi connectivity index (χ1) is 9.51. The van der Waals surface area contributed by atoms with E-state index < -0.39 is 11.9 Å². The monoisotopic (exact) mass is 333 g/mol. The highest BCUT2D eigenvalue weighted by Gasteiger charge is 2.30. The van der Waals surface area contributed by atoms with Crippen molar-refractivity contribution in [3.63, 3.8) is 0 Å². The van der Waals surface area contributed by atoms with E-state index in [9.17, 15) is 9.59 Å². The molecule has 116 valence electrons. The van der Waals surface area contributed by atoms with E-state index in [1.807, 2.05) is 0 Å². The predicted octanol–water partition coefficient (Wildman–Crippen LogP) is 2.25. The molecular weight excluding hydrogens is 317 g/mol. The fourth-order valence-electron chi connectivity index (χ4n) is 2.26. The predicted molar refractivity (Wildman–Crippen MR) is 81.3 cm³/mol. The molecule has 1 aromatic rings. The van der Waals surface area contributed by atoms with Crippen LogP contribution in [0, 0.1) is 5.92 Å². The number of likely N-dealkylation sites (tertiary alicyclic amines) is 1. The number of carboxylic acids is 1. The standard InChI is InChI=1S/C14H16ClNO4.ClH/c1-20-11-3-2-9(12(15)7-11)6-13(17)16-5-4-10(8-16)14(18)19;/h2-3,7,10H,4-6,8H2,1H3,(H,18,19);1H. The third kappa shape index (κ3) is 4.25. The zero-order valence-electron chi connectivity index (χ0n) is 11.5. The fourth-order valence-corrected chi connectivity index (χ4v) is 2.50. The van der Waals surface area contributed by atoms with Gasteiger partial charge in [0.2, 0.25) is 5.91 Å². The smallest absolute Gasteiger partial charge is 0.308 e. The van der Waals surface area contributed by atoms with Crippen molar-refractivity contribution in [1.82, 2.24) is 4.90 Å². The second-order valence-electron chi connectivity index (χ2n) is 4.80. The van der Waals surface area contributed by atoms with Gasteiger partial charge in [0, 0.05) is 18.1 Å². The first-order valence-corrected chi connectivity index (χ1v) is 6.72. The van der Waals surface area contributed by atoms with Crippen molar-refractivity contribution >= 4 is 35.9 Å². The van der Waals surface area contributed by atoms with Crippen LogP contribution in [0.3, 0.4) is 0 Å². The number of rotatable bonds is 4. The van der Waals surface area contributed by atoms with E-state index in [0.717, 1.165) is 5.56 Å². The minimum atomic E-state index is -0.845. The molecule has 2 rings (SSSR count). The Morgan fingerprint density at radius 3 is 2.71 bits per heavy atom. The molecule has 5 nitrogen and oxygen atoms in total. The van der Waals surface area contributed by atoms with Crippen molar-refractivity contribution in [1.29, 1.82) is 0 Å². The number of benzene rings is 1. The second kappa shape index (κ2) is 7.52. The molecule has 1 heterocycles. The number of carboxylic acid groups (broad SMARTS) is 1. The molecule has 1 amide bonds. The van der Waals surface area contributed by atoms with E-state index in [2.05, 4.69) is 0 Å². The average Bonchev–Trinajstić information content (AvgIpc) is 2.91. The highest BCUT2D eigenvalue weighted by molar-refractivity contribution is 6.31. The number of amides is 1. The van der Waals surface area contributed by atoms with E-state index in [1.165, 1.54) is 0 Å². The minimum absolute atomic E-state index is 0. The van der Waals surface area contributed by atoms with Gasteiger partial charge in [-0.05, 0) is 24.1 Å². The molecule has 21 heavy (non-hydrogen) atoms. The molecule has 1 atom stereocenters. The van der Waals surface area contributed by atoms with Gasteiger partial charge in [-0.15, -0.1) is 12.4 Å². The highest BCUT2D eigenvalue weighted by Crippen LogP contribution is 2.24. The van der Waals surface area contributed by atoms with Gasteiger partial charge in [0.05, 0.1) is 19.4 Å². The zero-order valence-corrected chi connectivity index (χ0v) is 13.1. The summed E-state index contributed by atoms with van der Waals surface area (Å²) in [7, 11) is 1.55. The van der Waals surface area contributed by atoms with E-state index in [0.29, 0.717) is 23.7 Å². The van der Waals surface area contributed by atoms with Crippen LogP contribution >= 0.6 is 24.0 Å². The van der Waals surface area contributed by atoms with E-state index in [-0.39, 0.29) is 31.3 Å². The number of aliphatic carboxylic acids is 1. The van der Waals surface area contributed by atoms with Gasteiger partial charge in [0.1, 0.15) is 5.75 Å². The van der Waals surface area contributed by atoms with Crippen LogP contribution in [0.25, 0.3) is 0 Å². The van der Waals surface area contributed by atoms with Crippen molar-refractivity contribution in [3.8, 4) is 5.75 Å². The first-order valence-electron chi connectivity index (χ1n) is 6.34. The van der Waals surface area contributed by atoms with Crippen molar-refractivity contribution in [2.45, 2.75) is 12.8 Å². The lowest BCUT2D eigenvalue weighted by molar-refractivity contribution is -0.141. The Kier molecular flexibility index (Phi) is 6.30. The van der Waals surface area contributed by atoms with Gasteiger partial charge in [-0.1, -0.05) is 17.7 Å². The molecule has 7 heteroatoms.